The van der Waals surface area contributed by atoms with Gasteiger partial charge in [-0.15, -0.1) is 0 Å². The average molecular weight is 377 g/mol. The lowest BCUT2D eigenvalue weighted by Gasteiger charge is -2.14. The average Bonchev–Trinajstić information content (AvgIpc) is 2.71. The molecule has 3 aromatic heterocycles. The molecule has 0 atom stereocenters. The molecule has 0 radical (unpaired) electrons. The van der Waals surface area contributed by atoms with Crippen molar-refractivity contribution in [1.29, 1.82) is 0 Å². The van der Waals surface area contributed by atoms with Gasteiger partial charge in [0.2, 0.25) is 0 Å². The Bertz CT molecular complexity index is 990. The largest absolute Gasteiger partial charge is 0.461 e. The second kappa shape index (κ2) is 8.85. The normalized spacial score (nSPS) is 10.4. The highest BCUT2D eigenvalue weighted by molar-refractivity contribution is 5.68. The Morgan fingerprint density at radius 3 is 2.21 bits per heavy atom. The molecule has 0 N–H and O–H groups in total. The van der Waals surface area contributed by atoms with Crippen molar-refractivity contribution in [2.24, 2.45) is 0 Å². The summed E-state index contributed by atoms with van der Waals surface area (Å²) in [6, 6.07) is 12.9. The Morgan fingerprint density at radius 2 is 1.50 bits per heavy atom. The first kappa shape index (κ1) is 19.2. The van der Waals surface area contributed by atoms with Crippen LogP contribution in [-0.2, 0) is 32.3 Å². The highest BCUT2D eigenvalue weighted by atomic mass is 16.5. The van der Waals surface area contributed by atoms with Gasteiger partial charge in [0.15, 0.2) is 0 Å². The lowest BCUT2D eigenvalue weighted by atomic mass is 10.0. The molecule has 0 aliphatic rings. The van der Waals surface area contributed by atoms with Crippen LogP contribution in [0.4, 0.5) is 0 Å². The van der Waals surface area contributed by atoms with E-state index in [0.717, 1.165) is 5.69 Å². The number of carbonyl (C=O) groups excluding carboxylic acids is 2. The fourth-order valence-corrected chi connectivity index (χ4v) is 2.63. The van der Waals surface area contributed by atoms with Crippen molar-refractivity contribution in [2.75, 3.05) is 0 Å². The smallest absolute Gasteiger partial charge is 0.302 e. The van der Waals surface area contributed by atoms with Crippen LogP contribution in [0.15, 0.2) is 54.9 Å². The number of nitrogens with zero attached hydrogens (tertiary/aromatic N) is 3. The molecule has 0 unspecified atom stereocenters. The number of rotatable bonds is 6. The third kappa shape index (κ3) is 4.76. The summed E-state index contributed by atoms with van der Waals surface area (Å²) < 4.78 is 10.3. The molecule has 142 valence electrons. The summed E-state index contributed by atoms with van der Waals surface area (Å²) in [4.78, 5) is 36.0. The molecule has 28 heavy (non-hydrogen) atoms. The molecule has 7 heteroatoms. The first-order chi connectivity index (χ1) is 13.5. The maximum absolute atomic E-state index is 11.3. The molecule has 0 aliphatic heterocycles. The second-order valence-corrected chi connectivity index (χ2v) is 5.98. The fraction of sp³-hybridized carbons (Fsp3) is 0.190. The Balaban J connectivity index is 2.03. The molecule has 0 saturated carbocycles. The van der Waals surface area contributed by atoms with Gasteiger partial charge in [-0.3, -0.25) is 19.6 Å². The lowest BCUT2D eigenvalue weighted by molar-refractivity contribution is -0.143. The van der Waals surface area contributed by atoms with Crippen molar-refractivity contribution in [3.8, 4) is 22.8 Å². The van der Waals surface area contributed by atoms with E-state index in [0.29, 0.717) is 28.2 Å². The summed E-state index contributed by atoms with van der Waals surface area (Å²) in [6.07, 6.45) is 3.31. The molecule has 0 saturated heterocycles. The first-order valence-electron chi connectivity index (χ1n) is 8.67. The minimum Gasteiger partial charge on any atom is -0.461 e. The third-order valence-corrected chi connectivity index (χ3v) is 3.92. The molecular formula is C21H19N3O4. The predicted octanol–water partition coefficient (Wildman–Crippen LogP) is 3.33. The first-order valence-corrected chi connectivity index (χ1v) is 8.67. The van der Waals surface area contributed by atoms with Crippen LogP contribution in [0.3, 0.4) is 0 Å². The van der Waals surface area contributed by atoms with Gasteiger partial charge in [0.05, 0.1) is 22.8 Å². The van der Waals surface area contributed by atoms with Crippen LogP contribution in [0.25, 0.3) is 22.8 Å². The minimum absolute atomic E-state index is 0.00456. The molecule has 0 aliphatic carbocycles. The van der Waals surface area contributed by atoms with Gasteiger partial charge >= 0.3 is 11.9 Å². The van der Waals surface area contributed by atoms with Crippen molar-refractivity contribution >= 4 is 11.9 Å². The summed E-state index contributed by atoms with van der Waals surface area (Å²) >= 11 is 0. The van der Waals surface area contributed by atoms with Crippen LogP contribution in [0.1, 0.15) is 25.0 Å². The topological polar surface area (TPSA) is 91.3 Å². The van der Waals surface area contributed by atoms with Gasteiger partial charge in [0, 0.05) is 31.8 Å². The van der Waals surface area contributed by atoms with Crippen molar-refractivity contribution in [1.82, 2.24) is 15.0 Å². The van der Waals surface area contributed by atoms with Gasteiger partial charge in [-0.2, -0.15) is 0 Å². The number of esters is 2. The van der Waals surface area contributed by atoms with Crippen LogP contribution in [0.2, 0.25) is 0 Å². The summed E-state index contributed by atoms with van der Waals surface area (Å²) in [5.74, 6) is -0.810. The Hall–Kier alpha value is -3.61. The number of pyridine rings is 3. The molecule has 3 rings (SSSR count). The zero-order valence-electron chi connectivity index (χ0n) is 15.6. The van der Waals surface area contributed by atoms with Crippen LogP contribution in [0, 0.1) is 0 Å². The Morgan fingerprint density at radius 1 is 0.786 bits per heavy atom. The Labute approximate surface area is 162 Å². The van der Waals surface area contributed by atoms with Crippen molar-refractivity contribution < 1.29 is 19.1 Å². The number of hydrogen-bond donors (Lipinski definition) is 0. The zero-order valence-corrected chi connectivity index (χ0v) is 15.6. The molecule has 0 bridgehead atoms. The van der Waals surface area contributed by atoms with E-state index in [1.54, 1.807) is 18.5 Å². The molecular weight excluding hydrogens is 358 g/mol. The van der Waals surface area contributed by atoms with Crippen molar-refractivity contribution in [3.05, 3.63) is 66.0 Å². The van der Waals surface area contributed by atoms with Gasteiger partial charge in [-0.05, 0) is 35.9 Å². The number of carbonyl (C=O) groups is 2. The molecule has 0 spiro atoms. The highest BCUT2D eigenvalue weighted by Crippen LogP contribution is 2.26. The van der Waals surface area contributed by atoms with Gasteiger partial charge in [0.1, 0.15) is 13.2 Å². The summed E-state index contributed by atoms with van der Waals surface area (Å²) in [5, 5.41) is 0. The van der Waals surface area contributed by atoms with Crippen molar-refractivity contribution in [3.63, 3.8) is 0 Å². The van der Waals surface area contributed by atoms with Gasteiger partial charge in [-0.25, -0.2) is 4.98 Å². The van der Waals surface area contributed by atoms with E-state index in [1.807, 2.05) is 36.4 Å². The number of hydrogen-bond acceptors (Lipinski definition) is 7. The minimum atomic E-state index is -0.413. The van der Waals surface area contributed by atoms with Crippen molar-refractivity contribution in [2.45, 2.75) is 27.1 Å². The van der Waals surface area contributed by atoms with Crippen LogP contribution >= 0.6 is 0 Å². The zero-order chi connectivity index (χ0) is 19.9. The predicted molar refractivity (Wildman–Crippen MR) is 102 cm³/mol. The molecule has 3 aromatic rings. The van der Waals surface area contributed by atoms with E-state index in [-0.39, 0.29) is 13.2 Å². The van der Waals surface area contributed by atoms with E-state index < -0.39 is 11.9 Å². The van der Waals surface area contributed by atoms with Gasteiger partial charge in [-0.1, -0.05) is 12.1 Å². The van der Waals surface area contributed by atoms with Gasteiger partial charge < -0.3 is 9.47 Å². The lowest BCUT2D eigenvalue weighted by Crippen LogP contribution is -2.08. The second-order valence-electron chi connectivity index (χ2n) is 5.98. The quantitative estimate of drug-likeness (QED) is 0.609. The molecule has 7 nitrogen and oxygen atoms in total. The molecule has 0 fully saturated rings. The summed E-state index contributed by atoms with van der Waals surface area (Å²) in [5.41, 5.74) is 3.94. The van der Waals surface area contributed by atoms with Gasteiger partial charge in [0.25, 0.3) is 0 Å². The van der Waals surface area contributed by atoms with E-state index >= 15 is 0 Å². The molecule has 3 heterocycles. The van der Waals surface area contributed by atoms with Crippen LogP contribution < -0.4 is 0 Å². The molecule has 0 aromatic carbocycles. The summed E-state index contributed by atoms with van der Waals surface area (Å²) in [6.45, 7) is 2.74. The maximum Gasteiger partial charge on any atom is 0.302 e. The fourth-order valence-electron chi connectivity index (χ4n) is 2.63. The van der Waals surface area contributed by atoms with Crippen LogP contribution in [0.5, 0.6) is 0 Å². The van der Waals surface area contributed by atoms with E-state index in [9.17, 15) is 9.59 Å². The van der Waals surface area contributed by atoms with E-state index in [1.165, 1.54) is 13.8 Å². The SMILES string of the molecule is CC(=O)OCc1ccnc(-c2cccc(-c3ccccn3)n2)c1COC(C)=O. The monoisotopic (exact) mass is 377 g/mol. The van der Waals surface area contributed by atoms with E-state index in [2.05, 4.69) is 15.0 Å². The van der Waals surface area contributed by atoms with E-state index in [4.69, 9.17) is 9.47 Å². The van der Waals surface area contributed by atoms with Crippen LogP contribution in [-0.4, -0.2) is 26.9 Å². The number of ether oxygens (including phenoxy) is 2. The standard InChI is InChI=1S/C21H19N3O4/c1-14(25)27-12-16-9-11-23-21(17(16)13-28-15(2)26)20-8-5-7-19(24-20)18-6-3-4-10-22-18/h3-11H,12-13H2,1-2H3. The third-order valence-electron chi connectivity index (χ3n) is 3.92. The maximum atomic E-state index is 11.3. The summed E-state index contributed by atoms with van der Waals surface area (Å²) in [7, 11) is 0. The highest BCUT2D eigenvalue weighted by Gasteiger charge is 2.16. The molecule has 0 amide bonds. The number of aromatic nitrogens is 3. The Kier molecular flexibility index (Phi) is 6.06.